The van der Waals surface area contributed by atoms with E-state index in [0.717, 1.165) is 4.57 Å². The average Bonchev–Trinajstić information content (AvgIpc) is 2.12. The van der Waals surface area contributed by atoms with Gasteiger partial charge in [0.05, 0.1) is 0 Å². The van der Waals surface area contributed by atoms with Crippen molar-refractivity contribution in [3.8, 4) is 0 Å². The molecule has 0 amide bonds. The molecule has 6 nitrogen and oxygen atoms in total. The second-order valence-corrected chi connectivity index (χ2v) is 2.55. The second-order valence-electron chi connectivity index (χ2n) is 2.55. The largest absolute Gasteiger partial charge is 0.358 e. The highest BCUT2D eigenvalue weighted by molar-refractivity contribution is 5.21. The molecule has 0 radical (unpaired) electrons. The highest BCUT2D eigenvalue weighted by Crippen LogP contribution is 1.89. The lowest BCUT2D eigenvalue weighted by molar-refractivity contribution is 0.596. The number of hydrogen-bond donors (Lipinski definition) is 1. The zero-order chi connectivity index (χ0) is 10.0. The molecule has 0 bridgehead atoms. The standard InChI is InChI=1S/C7H12N4O2/c1-4-11-6(12)9-5(8-2)10(3)7(11)13/h4H2,1-3H3,(H,8,9,12). The molecule has 0 saturated heterocycles. The molecule has 0 atom stereocenters. The molecule has 0 aliphatic rings. The number of hydrogen-bond acceptors (Lipinski definition) is 4. The van der Waals surface area contributed by atoms with E-state index < -0.39 is 5.69 Å². The summed E-state index contributed by atoms with van der Waals surface area (Å²) in [6.07, 6.45) is 0. The van der Waals surface area contributed by atoms with E-state index in [9.17, 15) is 9.59 Å². The van der Waals surface area contributed by atoms with Crippen LogP contribution in [0.2, 0.25) is 0 Å². The van der Waals surface area contributed by atoms with E-state index in [1.165, 1.54) is 4.57 Å². The fourth-order valence-corrected chi connectivity index (χ4v) is 1.07. The van der Waals surface area contributed by atoms with E-state index in [1.807, 2.05) is 0 Å². The van der Waals surface area contributed by atoms with Crippen molar-refractivity contribution in [2.24, 2.45) is 7.05 Å². The molecule has 1 aromatic rings. The van der Waals surface area contributed by atoms with Crippen molar-refractivity contribution in [3.05, 3.63) is 21.0 Å². The van der Waals surface area contributed by atoms with E-state index in [1.54, 1.807) is 21.0 Å². The smallest absolute Gasteiger partial charge is 0.354 e. The Morgan fingerprint density at radius 3 is 2.54 bits per heavy atom. The zero-order valence-corrected chi connectivity index (χ0v) is 7.87. The molecule has 0 spiro atoms. The third kappa shape index (κ3) is 1.47. The molecule has 1 N–H and O–H groups in total. The highest BCUT2D eigenvalue weighted by Gasteiger charge is 2.06. The van der Waals surface area contributed by atoms with Crippen LogP contribution in [0.1, 0.15) is 6.92 Å². The fourth-order valence-electron chi connectivity index (χ4n) is 1.07. The monoisotopic (exact) mass is 184 g/mol. The molecule has 0 unspecified atom stereocenters. The van der Waals surface area contributed by atoms with Crippen LogP contribution in [0, 0.1) is 0 Å². The van der Waals surface area contributed by atoms with Crippen molar-refractivity contribution in [1.82, 2.24) is 14.1 Å². The van der Waals surface area contributed by atoms with Crippen molar-refractivity contribution < 1.29 is 0 Å². The fraction of sp³-hybridized carbons (Fsp3) is 0.571. The van der Waals surface area contributed by atoms with Gasteiger partial charge in [0, 0.05) is 20.6 Å². The van der Waals surface area contributed by atoms with E-state index in [-0.39, 0.29) is 11.6 Å². The van der Waals surface area contributed by atoms with E-state index in [2.05, 4.69) is 10.3 Å². The molecule has 72 valence electrons. The summed E-state index contributed by atoms with van der Waals surface area (Å²) in [6, 6.07) is 0. The number of nitrogens with one attached hydrogen (secondary N) is 1. The Hall–Kier alpha value is -1.59. The quantitative estimate of drug-likeness (QED) is 0.640. The lowest BCUT2D eigenvalue weighted by Crippen LogP contribution is -2.41. The second kappa shape index (κ2) is 3.42. The Kier molecular flexibility index (Phi) is 2.50. The average molecular weight is 184 g/mol. The Balaban J connectivity index is 3.56. The summed E-state index contributed by atoms with van der Waals surface area (Å²) in [5, 5.41) is 2.67. The van der Waals surface area contributed by atoms with E-state index >= 15 is 0 Å². The van der Waals surface area contributed by atoms with Crippen LogP contribution in [-0.2, 0) is 13.6 Å². The molecular weight excluding hydrogens is 172 g/mol. The minimum Gasteiger partial charge on any atom is -0.358 e. The topological polar surface area (TPSA) is 68.9 Å². The first-order chi connectivity index (χ1) is 6.11. The summed E-state index contributed by atoms with van der Waals surface area (Å²) in [7, 11) is 3.17. The maximum absolute atomic E-state index is 11.4. The van der Waals surface area contributed by atoms with Crippen LogP contribution >= 0.6 is 0 Å². The van der Waals surface area contributed by atoms with Gasteiger partial charge in [0.15, 0.2) is 0 Å². The van der Waals surface area contributed by atoms with Gasteiger partial charge in [0.2, 0.25) is 5.95 Å². The molecule has 1 heterocycles. The predicted octanol–water partition coefficient (Wildman–Crippen LogP) is -0.996. The molecule has 0 saturated carbocycles. The van der Waals surface area contributed by atoms with Gasteiger partial charge >= 0.3 is 11.4 Å². The first kappa shape index (κ1) is 9.50. The van der Waals surface area contributed by atoms with Crippen molar-refractivity contribution in [3.63, 3.8) is 0 Å². The molecular formula is C7H12N4O2. The van der Waals surface area contributed by atoms with E-state index in [4.69, 9.17) is 0 Å². The molecule has 0 aromatic carbocycles. The van der Waals surface area contributed by atoms with Crippen LogP contribution in [-0.4, -0.2) is 21.2 Å². The molecule has 6 heteroatoms. The van der Waals surface area contributed by atoms with Crippen LogP contribution in [0.15, 0.2) is 9.59 Å². The molecule has 0 aliphatic carbocycles. The van der Waals surface area contributed by atoms with Crippen LogP contribution in [0.3, 0.4) is 0 Å². The van der Waals surface area contributed by atoms with Crippen LogP contribution < -0.4 is 16.7 Å². The Morgan fingerprint density at radius 1 is 1.46 bits per heavy atom. The molecule has 13 heavy (non-hydrogen) atoms. The normalized spacial score (nSPS) is 10.1. The predicted molar refractivity (Wildman–Crippen MR) is 49.0 cm³/mol. The number of anilines is 1. The van der Waals surface area contributed by atoms with Gasteiger partial charge in [-0.1, -0.05) is 0 Å². The summed E-state index contributed by atoms with van der Waals surface area (Å²) in [5.74, 6) is 0.278. The van der Waals surface area contributed by atoms with Gasteiger partial charge in [0.25, 0.3) is 0 Å². The van der Waals surface area contributed by atoms with Crippen LogP contribution in [0.25, 0.3) is 0 Å². The molecule has 0 fully saturated rings. The van der Waals surface area contributed by atoms with Gasteiger partial charge < -0.3 is 5.32 Å². The first-order valence-corrected chi connectivity index (χ1v) is 3.97. The Morgan fingerprint density at radius 2 is 2.08 bits per heavy atom. The maximum Gasteiger partial charge on any atom is 0.354 e. The van der Waals surface area contributed by atoms with Gasteiger partial charge in [-0.3, -0.25) is 4.57 Å². The minimum absolute atomic E-state index is 0.278. The van der Waals surface area contributed by atoms with Crippen molar-refractivity contribution in [2.45, 2.75) is 13.5 Å². The van der Waals surface area contributed by atoms with Gasteiger partial charge in [-0.15, -0.1) is 0 Å². The lowest BCUT2D eigenvalue weighted by Gasteiger charge is -2.07. The Bertz CT molecular complexity index is 417. The summed E-state index contributed by atoms with van der Waals surface area (Å²) in [6.45, 7) is 2.06. The number of rotatable bonds is 2. The maximum atomic E-state index is 11.4. The SMILES string of the molecule is CCn1c(=O)nc(NC)n(C)c1=O. The first-order valence-electron chi connectivity index (χ1n) is 3.97. The van der Waals surface area contributed by atoms with Gasteiger partial charge in [-0.25, -0.2) is 14.2 Å². The van der Waals surface area contributed by atoms with Gasteiger partial charge in [0.1, 0.15) is 0 Å². The summed E-state index contributed by atoms with van der Waals surface area (Å²) >= 11 is 0. The highest BCUT2D eigenvalue weighted by atomic mass is 16.2. The Labute approximate surface area is 74.8 Å². The van der Waals surface area contributed by atoms with Crippen LogP contribution in [0.4, 0.5) is 5.95 Å². The number of nitrogens with zero attached hydrogens (tertiary/aromatic N) is 3. The van der Waals surface area contributed by atoms with Gasteiger partial charge in [-0.05, 0) is 6.92 Å². The third-order valence-corrected chi connectivity index (χ3v) is 1.81. The van der Waals surface area contributed by atoms with Crippen LogP contribution in [0.5, 0.6) is 0 Å². The molecule has 0 aliphatic heterocycles. The minimum atomic E-state index is -0.519. The molecule has 1 rings (SSSR count). The van der Waals surface area contributed by atoms with Gasteiger partial charge in [-0.2, -0.15) is 4.98 Å². The van der Waals surface area contributed by atoms with Crippen molar-refractivity contribution >= 4 is 5.95 Å². The summed E-state index contributed by atoms with van der Waals surface area (Å²) in [4.78, 5) is 26.3. The number of aromatic nitrogens is 3. The van der Waals surface area contributed by atoms with Crippen molar-refractivity contribution in [1.29, 1.82) is 0 Å². The summed E-state index contributed by atoms with van der Waals surface area (Å²) < 4.78 is 2.37. The summed E-state index contributed by atoms with van der Waals surface area (Å²) in [5.41, 5.74) is -0.873. The zero-order valence-electron chi connectivity index (χ0n) is 7.87. The van der Waals surface area contributed by atoms with E-state index in [0.29, 0.717) is 6.54 Å². The van der Waals surface area contributed by atoms with Crippen molar-refractivity contribution in [2.75, 3.05) is 12.4 Å². The molecule has 1 aromatic heterocycles. The third-order valence-electron chi connectivity index (χ3n) is 1.81. The lowest BCUT2D eigenvalue weighted by atomic mass is 10.7.